The fourth-order valence-electron chi connectivity index (χ4n) is 3.27. The van der Waals surface area contributed by atoms with Crippen molar-refractivity contribution in [3.8, 4) is 0 Å². The molecule has 0 bridgehead atoms. The van der Waals surface area contributed by atoms with Crippen molar-refractivity contribution in [1.82, 2.24) is 14.9 Å². The summed E-state index contributed by atoms with van der Waals surface area (Å²) in [5, 5.41) is 0. The molecule has 19 heavy (non-hydrogen) atoms. The van der Waals surface area contributed by atoms with Gasteiger partial charge in [0.25, 0.3) is 5.56 Å². The Balaban J connectivity index is 1.58. The Morgan fingerprint density at radius 3 is 2.53 bits per heavy atom. The van der Waals surface area contributed by atoms with Crippen molar-refractivity contribution in [1.29, 1.82) is 0 Å². The van der Waals surface area contributed by atoms with Gasteiger partial charge in [-0.05, 0) is 38.8 Å². The molecule has 0 spiro atoms. The van der Waals surface area contributed by atoms with Crippen molar-refractivity contribution in [2.75, 3.05) is 31.1 Å². The zero-order valence-electron chi connectivity index (χ0n) is 11.3. The molecule has 2 saturated heterocycles. The topological polar surface area (TPSA) is 52.2 Å². The lowest BCUT2D eigenvalue weighted by molar-refractivity contribution is 0.141. The second kappa shape index (κ2) is 5.74. The van der Waals surface area contributed by atoms with E-state index >= 15 is 0 Å². The highest BCUT2D eigenvalue weighted by Crippen LogP contribution is 2.22. The van der Waals surface area contributed by atoms with Crippen LogP contribution < -0.4 is 10.5 Å². The van der Waals surface area contributed by atoms with E-state index in [1.54, 1.807) is 6.07 Å². The molecule has 0 amide bonds. The molecule has 2 aliphatic heterocycles. The van der Waals surface area contributed by atoms with Gasteiger partial charge in [0, 0.05) is 25.2 Å². The van der Waals surface area contributed by atoms with Gasteiger partial charge >= 0.3 is 0 Å². The van der Waals surface area contributed by atoms with Crippen LogP contribution in [0.25, 0.3) is 0 Å². The lowest BCUT2D eigenvalue weighted by Gasteiger charge is -2.40. The molecular weight excluding hydrogens is 240 g/mol. The number of aromatic nitrogens is 2. The van der Waals surface area contributed by atoms with E-state index in [2.05, 4.69) is 19.8 Å². The molecule has 3 rings (SSSR count). The van der Waals surface area contributed by atoms with E-state index < -0.39 is 0 Å². The molecular formula is C14H22N4O. The largest absolute Gasteiger partial charge is 0.356 e. The van der Waals surface area contributed by atoms with Crippen LogP contribution in [0, 0.1) is 0 Å². The van der Waals surface area contributed by atoms with Crippen molar-refractivity contribution in [3.05, 3.63) is 22.7 Å². The third-order valence-electron chi connectivity index (χ3n) is 4.36. The van der Waals surface area contributed by atoms with E-state index in [0.29, 0.717) is 0 Å². The molecule has 0 unspecified atom stereocenters. The van der Waals surface area contributed by atoms with E-state index in [1.165, 1.54) is 51.5 Å². The number of aromatic amines is 1. The maximum absolute atomic E-state index is 11.3. The SMILES string of the molecule is O=c1cc(N2CCC(N3CCCCC3)CC2)nc[nH]1. The van der Waals surface area contributed by atoms with Gasteiger partial charge in [-0.2, -0.15) is 0 Å². The predicted molar refractivity (Wildman–Crippen MR) is 75.5 cm³/mol. The Morgan fingerprint density at radius 1 is 1.11 bits per heavy atom. The van der Waals surface area contributed by atoms with Crippen molar-refractivity contribution in [2.45, 2.75) is 38.1 Å². The molecule has 1 aromatic rings. The number of piperidine rings is 2. The van der Waals surface area contributed by atoms with Crippen LogP contribution in [0.4, 0.5) is 5.82 Å². The zero-order chi connectivity index (χ0) is 13.1. The highest BCUT2D eigenvalue weighted by atomic mass is 16.1. The predicted octanol–water partition coefficient (Wildman–Crippen LogP) is 1.22. The average molecular weight is 262 g/mol. The molecule has 104 valence electrons. The zero-order valence-corrected chi connectivity index (χ0v) is 11.3. The van der Waals surface area contributed by atoms with E-state index in [1.807, 2.05) is 0 Å². The molecule has 5 nitrogen and oxygen atoms in total. The second-order valence-electron chi connectivity index (χ2n) is 5.58. The number of rotatable bonds is 2. The summed E-state index contributed by atoms with van der Waals surface area (Å²) in [7, 11) is 0. The highest BCUT2D eigenvalue weighted by molar-refractivity contribution is 5.36. The third kappa shape index (κ3) is 2.97. The van der Waals surface area contributed by atoms with Crippen LogP contribution in [-0.2, 0) is 0 Å². The first-order valence-corrected chi connectivity index (χ1v) is 7.37. The normalized spacial score (nSPS) is 22.6. The number of likely N-dealkylation sites (tertiary alicyclic amines) is 1. The Labute approximate surface area is 113 Å². The molecule has 0 radical (unpaired) electrons. The van der Waals surface area contributed by atoms with Crippen LogP contribution >= 0.6 is 0 Å². The first kappa shape index (κ1) is 12.7. The Bertz CT molecular complexity index is 459. The smallest absolute Gasteiger partial charge is 0.252 e. The van der Waals surface area contributed by atoms with E-state index in [0.717, 1.165) is 24.9 Å². The summed E-state index contributed by atoms with van der Waals surface area (Å²) in [4.78, 5) is 23.0. The molecule has 2 aliphatic rings. The second-order valence-corrected chi connectivity index (χ2v) is 5.58. The average Bonchev–Trinajstić information content (AvgIpc) is 2.48. The van der Waals surface area contributed by atoms with Crippen molar-refractivity contribution in [2.24, 2.45) is 0 Å². The minimum Gasteiger partial charge on any atom is -0.356 e. The number of H-pyrrole nitrogens is 1. The molecule has 2 fully saturated rings. The van der Waals surface area contributed by atoms with Crippen molar-refractivity contribution in [3.63, 3.8) is 0 Å². The first-order valence-electron chi connectivity index (χ1n) is 7.37. The lowest BCUT2D eigenvalue weighted by atomic mass is 10.00. The summed E-state index contributed by atoms with van der Waals surface area (Å²) in [5.74, 6) is 0.820. The minimum absolute atomic E-state index is 0.0665. The summed E-state index contributed by atoms with van der Waals surface area (Å²) in [6.45, 7) is 4.57. The van der Waals surface area contributed by atoms with Gasteiger partial charge in [-0.1, -0.05) is 6.42 Å². The summed E-state index contributed by atoms with van der Waals surface area (Å²) in [5.41, 5.74) is -0.0665. The number of hydrogen-bond donors (Lipinski definition) is 1. The van der Waals surface area contributed by atoms with Gasteiger partial charge in [-0.15, -0.1) is 0 Å². The Morgan fingerprint density at radius 2 is 1.84 bits per heavy atom. The fraction of sp³-hybridized carbons (Fsp3) is 0.714. The number of anilines is 1. The molecule has 0 saturated carbocycles. The van der Waals surface area contributed by atoms with Crippen LogP contribution in [-0.4, -0.2) is 47.1 Å². The molecule has 0 aliphatic carbocycles. The Hall–Kier alpha value is -1.36. The van der Waals surface area contributed by atoms with Crippen molar-refractivity contribution >= 4 is 5.82 Å². The first-order chi connectivity index (χ1) is 9.33. The van der Waals surface area contributed by atoms with Gasteiger partial charge in [0.05, 0.1) is 6.33 Å². The molecule has 1 aromatic heterocycles. The molecule has 3 heterocycles. The lowest BCUT2D eigenvalue weighted by Crippen LogP contribution is -2.47. The van der Waals surface area contributed by atoms with Crippen LogP contribution in [0.5, 0.6) is 0 Å². The molecule has 0 aromatic carbocycles. The van der Waals surface area contributed by atoms with E-state index in [9.17, 15) is 4.79 Å². The van der Waals surface area contributed by atoms with Gasteiger partial charge in [0.15, 0.2) is 0 Å². The quantitative estimate of drug-likeness (QED) is 0.871. The Kier molecular flexibility index (Phi) is 3.82. The van der Waals surface area contributed by atoms with Crippen LogP contribution in [0.2, 0.25) is 0 Å². The number of nitrogens with one attached hydrogen (secondary N) is 1. The van der Waals surface area contributed by atoms with Gasteiger partial charge < -0.3 is 14.8 Å². The number of hydrogen-bond acceptors (Lipinski definition) is 4. The number of nitrogens with zero attached hydrogens (tertiary/aromatic N) is 3. The molecule has 5 heteroatoms. The van der Waals surface area contributed by atoms with E-state index in [-0.39, 0.29) is 5.56 Å². The van der Waals surface area contributed by atoms with E-state index in [4.69, 9.17) is 0 Å². The highest BCUT2D eigenvalue weighted by Gasteiger charge is 2.25. The standard InChI is InChI=1S/C14H22N4O/c19-14-10-13(15-11-16-14)18-8-4-12(5-9-18)17-6-2-1-3-7-17/h10-12H,1-9H2,(H,15,16,19). The molecule has 0 atom stereocenters. The summed E-state index contributed by atoms with van der Waals surface area (Å²) in [6, 6.07) is 2.33. The van der Waals surface area contributed by atoms with Crippen molar-refractivity contribution < 1.29 is 0 Å². The minimum atomic E-state index is -0.0665. The van der Waals surface area contributed by atoms with Gasteiger partial charge in [0.2, 0.25) is 0 Å². The summed E-state index contributed by atoms with van der Waals surface area (Å²) < 4.78 is 0. The fourth-order valence-corrected chi connectivity index (χ4v) is 3.27. The third-order valence-corrected chi connectivity index (χ3v) is 4.36. The van der Waals surface area contributed by atoms with Crippen LogP contribution in [0.3, 0.4) is 0 Å². The van der Waals surface area contributed by atoms with Gasteiger partial charge in [-0.25, -0.2) is 4.98 Å². The summed E-state index contributed by atoms with van der Waals surface area (Å²) in [6.07, 6.45) is 7.98. The monoisotopic (exact) mass is 262 g/mol. The maximum Gasteiger partial charge on any atom is 0.252 e. The molecule has 1 N–H and O–H groups in total. The maximum atomic E-state index is 11.3. The summed E-state index contributed by atoms with van der Waals surface area (Å²) >= 11 is 0. The van der Waals surface area contributed by atoms with Gasteiger partial charge in [0.1, 0.15) is 5.82 Å². The van der Waals surface area contributed by atoms with Gasteiger partial charge in [-0.3, -0.25) is 4.79 Å². The van der Waals surface area contributed by atoms with Crippen LogP contribution in [0.1, 0.15) is 32.1 Å². The van der Waals surface area contributed by atoms with Crippen LogP contribution in [0.15, 0.2) is 17.2 Å².